The molecule has 0 aliphatic rings. The van der Waals surface area contributed by atoms with E-state index in [4.69, 9.17) is 5.21 Å². The van der Waals surface area contributed by atoms with E-state index in [1.165, 1.54) is 0 Å². The standard InChI is InChI=1S/C10H22N2OS.ClH/c1-4-7-10(11-13)14-9-8-12(5-2)6-3;/h13H,4-9H2,1-3H3;1H/p-1/b11-10+;. The van der Waals surface area contributed by atoms with E-state index in [1.807, 2.05) is 0 Å². The minimum absolute atomic E-state index is 0. The highest BCUT2D eigenvalue weighted by Gasteiger charge is 2.02. The number of thioether (sulfide) groups is 1. The van der Waals surface area contributed by atoms with E-state index >= 15 is 0 Å². The van der Waals surface area contributed by atoms with E-state index in [9.17, 15) is 0 Å². The number of halogens is 1. The van der Waals surface area contributed by atoms with Crippen molar-refractivity contribution in [2.75, 3.05) is 25.4 Å². The SMILES string of the molecule is CCC/C(=N\O)SCCN(CC)CC.[Cl-]. The summed E-state index contributed by atoms with van der Waals surface area (Å²) in [5.74, 6) is 1.01. The molecule has 0 spiro atoms. The van der Waals surface area contributed by atoms with Crippen LogP contribution in [-0.2, 0) is 0 Å². The zero-order valence-electron chi connectivity index (χ0n) is 9.87. The monoisotopic (exact) mass is 253 g/mol. The molecule has 0 rings (SSSR count). The van der Waals surface area contributed by atoms with Crippen LogP contribution in [0.1, 0.15) is 33.6 Å². The van der Waals surface area contributed by atoms with Crippen LogP contribution < -0.4 is 12.4 Å². The Labute approximate surface area is 104 Å². The molecule has 0 aromatic rings. The molecule has 0 fully saturated rings. The number of oxime groups is 1. The van der Waals surface area contributed by atoms with Gasteiger partial charge in [0.1, 0.15) is 5.04 Å². The third kappa shape index (κ3) is 9.03. The van der Waals surface area contributed by atoms with Crippen molar-refractivity contribution in [1.29, 1.82) is 0 Å². The Kier molecular flexibility index (Phi) is 14.1. The fourth-order valence-corrected chi connectivity index (χ4v) is 2.19. The predicted octanol–water partition coefficient (Wildman–Crippen LogP) is -0.347. The van der Waals surface area contributed by atoms with Crippen molar-refractivity contribution < 1.29 is 17.6 Å². The average Bonchev–Trinajstić information content (AvgIpc) is 2.23. The van der Waals surface area contributed by atoms with Gasteiger partial charge in [0.25, 0.3) is 0 Å². The second-order valence-corrected chi connectivity index (χ2v) is 4.29. The molecule has 5 heteroatoms. The van der Waals surface area contributed by atoms with E-state index in [1.54, 1.807) is 11.8 Å². The number of hydrogen-bond acceptors (Lipinski definition) is 4. The maximum absolute atomic E-state index is 8.69. The summed E-state index contributed by atoms with van der Waals surface area (Å²) in [5.41, 5.74) is 0. The summed E-state index contributed by atoms with van der Waals surface area (Å²) in [6.45, 7) is 9.69. The maximum Gasteiger partial charge on any atom is 0.112 e. The third-order valence-electron chi connectivity index (χ3n) is 2.15. The summed E-state index contributed by atoms with van der Waals surface area (Å²) in [4.78, 5) is 2.37. The normalized spacial score (nSPS) is 11.6. The van der Waals surface area contributed by atoms with E-state index in [0.717, 1.165) is 43.3 Å². The molecule has 0 saturated carbocycles. The van der Waals surface area contributed by atoms with Gasteiger partial charge in [0, 0.05) is 12.3 Å². The minimum atomic E-state index is 0. The highest BCUT2D eigenvalue weighted by Crippen LogP contribution is 2.09. The van der Waals surface area contributed by atoms with Crippen molar-refractivity contribution in [3.63, 3.8) is 0 Å². The first-order valence-electron chi connectivity index (χ1n) is 5.34. The van der Waals surface area contributed by atoms with Gasteiger partial charge in [-0.15, -0.1) is 11.8 Å². The lowest BCUT2D eigenvalue weighted by atomic mass is 10.4. The molecule has 3 nitrogen and oxygen atoms in total. The van der Waals surface area contributed by atoms with Crippen LogP contribution in [-0.4, -0.2) is 40.5 Å². The van der Waals surface area contributed by atoms with Crippen LogP contribution in [0.4, 0.5) is 0 Å². The topological polar surface area (TPSA) is 35.8 Å². The summed E-state index contributed by atoms with van der Waals surface area (Å²) in [5, 5.41) is 12.8. The quantitative estimate of drug-likeness (QED) is 0.292. The molecule has 0 aromatic carbocycles. The van der Waals surface area contributed by atoms with Gasteiger partial charge in [0.2, 0.25) is 0 Å². The molecule has 0 radical (unpaired) electrons. The van der Waals surface area contributed by atoms with Crippen molar-refractivity contribution in [2.24, 2.45) is 5.16 Å². The number of hydrogen-bond donors (Lipinski definition) is 1. The van der Waals surface area contributed by atoms with Crippen LogP contribution in [0.2, 0.25) is 0 Å². The summed E-state index contributed by atoms with van der Waals surface area (Å²) in [7, 11) is 0. The molecule has 15 heavy (non-hydrogen) atoms. The molecule has 0 atom stereocenters. The van der Waals surface area contributed by atoms with Crippen molar-refractivity contribution >= 4 is 16.8 Å². The second-order valence-electron chi connectivity index (χ2n) is 3.12. The van der Waals surface area contributed by atoms with E-state index in [0.29, 0.717) is 0 Å². The molecule has 0 aliphatic carbocycles. The Hall–Kier alpha value is 0.0700. The Morgan fingerprint density at radius 3 is 2.27 bits per heavy atom. The molecular weight excluding hydrogens is 232 g/mol. The Morgan fingerprint density at radius 2 is 1.87 bits per heavy atom. The molecule has 0 bridgehead atoms. The fraction of sp³-hybridized carbons (Fsp3) is 0.900. The van der Waals surface area contributed by atoms with Gasteiger partial charge in [-0.25, -0.2) is 0 Å². The van der Waals surface area contributed by atoms with E-state index < -0.39 is 0 Å². The molecule has 0 unspecified atom stereocenters. The zero-order chi connectivity index (χ0) is 10.8. The Morgan fingerprint density at radius 1 is 1.27 bits per heavy atom. The fourth-order valence-electron chi connectivity index (χ4n) is 1.20. The molecule has 92 valence electrons. The first-order chi connectivity index (χ1) is 6.78. The lowest BCUT2D eigenvalue weighted by Gasteiger charge is -2.17. The lowest BCUT2D eigenvalue weighted by molar-refractivity contribution is -0.00000397. The van der Waals surface area contributed by atoms with Gasteiger partial charge in [-0.3, -0.25) is 0 Å². The van der Waals surface area contributed by atoms with Crippen molar-refractivity contribution in [3.8, 4) is 0 Å². The van der Waals surface area contributed by atoms with Gasteiger partial charge < -0.3 is 22.5 Å². The summed E-state index contributed by atoms with van der Waals surface area (Å²) >= 11 is 1.66. The van der Waals surface area contributed by atoms with Crippen molar-refractivity contribution in [3.05, 3.63) is 0 Å². The molecule has 0 aromatic heterocycles. The van der Waals surface area contributed by atoms with Crippen LogP contribution >= 0.6 is 11.8 Å². The second kappa shape index (κ2) is 12.1. The summed E-state index contributed by atoms with van der Waals surface area (Å²) in [6, 6.07) is 0. The Bertz CT molecular complexity index is 164. The average molecular weight is 254 g/mol. The van der Waals surface area contributed by atoms with Gasteiger partial charge in [0.05, 0.1) is 0 Å². The third-order valence-corrected chi connectivity index (χ3v) is 3.15. The molecular formula is C10H22ClN2OS-. The number of nitrogens with zero attached hydrogens (tertiary/aromatic N) is 2. The highest BCUT2D eigenvalue weighted by atomic mass is 35.5. The number of rotatable bonds is 7. The van der Waals surface area contributed by atoms with Crippen LogP contribution in [0.3, 0.4) is 0 Å². The lowest BCUT2D eigenvalue weighted by Crippen LogP contribution is -3.00. The maximum atomic E-state index is 8.69. The Balaban J connectivity index is 0. The van der Waals surface area contributed by atoms with Crippen LogP contribution in [0.15, 0.2) is 5.16 Å². The van der Waals surface area contributed by atoms with Gasteiger partial charge >= 0.3 is 0 Å². The predicted molar refractivity (Wildman–Crippen MR) is 64.4 cm³/mol. The zero-order valence-corrected chi connectivity index (χ0v) is 11.4. The molecule has 0 saturated heterocycles. The van der Waals surface area contributed by atoms with Gasteiger partial charge in [-0.05, 0) is 25.9 Å². The van der Waals surface area contributed by atoms with Crippen molar-refractivity contribution in [2.45, 2.75) is 33.6 Å². The van der Waals surface area contributed by atoms with Gasteiger partial charge in [0.15, 0.2) is 0 Å². The van der Waals surface area contributed by atoms with Crippen LogP contribution in [0, 0.1) is 0 Å². The van der Waals surface area contributed by atoms with E-state index in [2.05, 4.69) is 30.8 Å². The first-order valence-corrected chi connectivity index (χ1v) is 6.33. The van der Waals surface area contributed by atoms with Crippen LogP contribution in [0.25, 0.3) is 0 Å². The highest BCUT2D eigenvalue weighted by molar-refractivity contribution is 8.13. The molecule has 1 N–H and O–H groups in total. The van der Waals surface area contributed by atoms with Crippen molar-refractivity contribution in [1.82, 2.24) is 4.90 Å². The first kappa shape index (κ1) is 17.5. The molecule has 0 heterocycles. The van der Waals surface area contributed by atoms with Gasteiger partial charge in [-0.2, -0.15) is 0 Å². The van der Waals surface area contributed by atoms with Gasteiger partial charge in [-0.1, -0.05) is 25.9 Å². The molecule has 0 amide bonds. The summed E-state index contributed by atoms with van der Waals surface area (Å²) < 4.78 is 0. The largest absolute Gasteiger partial charge is 1.00 e. The summed E-state index contributed by atoms with van der Waals surface area (Å²) in [6.07, 6.45) is 1.93. The smallest absolute Gasteiger partial charge is 0.112 e. The van der Waals surface area contributed by atoms with E-state index in [-0.39, 0.29) is 12.4 Å². The minimum Gasteiger partial charge on any atom is -1.00 e. The van der Waals surface area contributed by atoms with Crippen LogP contribution in [0.5, 0.6) is 0 Å². The molecule has 0 aliphatic heterocycles.